The molecule has 4 aliphatic heterocycles. The van der Waals surface area contributed by atoms with Crippen molar-refractivity contribution in [3.8, 4) is 5.75 Å². The number of amides is 1. The molecule has 0 radical (unpaired) electrons. The summed E-state index contributed by atoms with van der Waals surface area (Å²) in [6.45, 7) is 16.3. The van der Waals surface area contributed by atoms with Crippen molar-refractivity contribution in [3.63, 3.8) is 0 Å². The average Bonchev–Trinajstić information content (AvgIpc) is 3.26. The number of hydrogen-bond donors (Lipinski definition) is 2. The van der Waals surface area contributed by atoms with Crippen molar-refractivity contribution in [1.82, 2.24) is 19.8 Å². The Morgan fingerprint density at radius 3 is 2.69 bits per heavy atom. The van der Waals surface area contributed by atoms with Crippen LogP contribution in [0.15, 0.2) is 36.4 Å². The van der Waals surface area contributed by atoms with E-state index in [1.165, 1.54) is 24.0 Å². The molecule has 3 fully saturated rings. The average molecular weight is 752 g/mol. The molecule has 9 nitrogen and oxygen atoms in total. The van der Waals surface area contributed by atoms with Gasteiger partial charge in [-0.05, 0) is 116 Å². The van der Waals surface area contributed by atoms with Crippen LogP contribution in [0.3, 0.4) is 0 Å². The molecule has 2 bridgehead atoms. The Morgan fingerprint density at radius 2 is 1.87 bits per heavy atom. The standard InChI is InChI=1S/C41H58ClN5O4S/c1-28-6-4-7-32(23-45-18-19-46-17-16-43-22-34(46)24-45)35-13-15-40(35,3)25-47-26-41(14-5-8-30-20-33(42)10-11-36(30)41)27-51-38-12-9-31(21-37(38)47)39(48)44-52(49,50)29(28)2/h9-12,20-21,28-29,32,34-35,43H,4-8,13-19,22-27H2,1-3H3,(H,44,48)/t28-,29+,32-,34-,35-,40?,41-/m0/s1. The Kier molecular flexibility index (Phi) is 10.1. The third-order valence-electron chi connectivity index (χ3n) is 14.2. The minimum Gasteiger partial charge on any atom is -0.490 e. The fraction of sp³-hybridized carbons (Fsp3) is 0.683. The van der Waals surface area contributed by atoms with Crippen LogP contribution in [0.25, 0.3) is 0 Å². The van der Waals surface area contributed by atoms with E-state index in [0.29, 0.717) is 30.0 Å². The van der Waals surface area contributed by atoms with Gasteiger partial charge in [0.05, 0.1) is 17.5 Å². The third kappa shape index (κ3) is 7.00. The molecule has 1 amide bonds. The van der Waals surface area contributed by atoms with Gasteiger partial charge in [0.2, 0.25) is 10.0 Å². The Labute approximate surface area is 316 Å². The van der Waals surface area contributed by atoms with Crippen molar-refractivity contribution in [3.05, 3.63) is 58.1 Å². The predicted molar refractivity (Wildman–Crippen MR) is 208 cm³/mol. The quantitative estimate of drug-likeness (QED) is 0.404. The lowest BCUT2D eigenvalue weighted by atomic mass is 9.55. The van der Waals surface area contributed by atoms with Gasteiger partial charge in [-0.3, -0.25) is 9.69 Å². The predicted octanol–water partition coefficient (Wildman–Crippen LogP) is 5.70. The number of aryl methyl sites for hydroxylation is 1. The number of rotatable bonds is 2. The number of hydrogen-bond acceptors (Lipinski definition) is 8. The van der Waals surface area contributed by atoms with Crippen LogP contribution >= 0.6 is 11.6 Å². The first-order valence-electron chi connectivity index (χ1n) is 20.0. The van der Waals surface area contributed by atoms with Crippen molar-refractivity contribution in [2.45, 2.75) is 88.8 Å². The lowest BCUT2D eigenvalue weighted by Gasteiger charge is -2.55. The van der Waals surface area contributed by atoms with Gasteiger partial charge >= 0.3 is 0 Å². The van der Waals surface area contributed by atoms with Crippen molar-refractivity contribution in [1.29, 1.82) is 0 Å². The van der Waals surface area contributed by atoms with E-state index in [2.05, 4.69) is 43.8 Å². The van der Waals surface area contributed by atoms with E-state index in [0.717, 1.165) is 114 Å². The zero-order valence-corrected chi connectivity index (χ0v) is 32.9. The van der Waals surface area contributed by atoms with E-state index in [-0.39, 0.29) is 16.7 Å². The zero-order chi connectivity index (χ0) is 36.3. The Hall–Kier alpha value is -2.37. The second-order valence-corrected chi connectivity index (χ2v) is 20.0. The summed E-state index contributed by atoms with van der Waals surface area (Å²) in [6.07, 6.45) is 8.38. The second-order valence-electron chi connectivity index (χ2n) is 17.6. The molecule has 52 heavy (non-hydrogen) atoms. The number of halogens is 1. The van der Waals surface area contributed by atoms with Crippen LogP contribution in [-0.4, -0.2) is 101 Å². The molecule has 2 N–H and O–H groups in total. The fourth-order valence-electron chi connectivity index (χ4n) is 10.9. The summed E-state index contributed by atoms with van der Waals surface area (Å²) in [6, 6.07) is 12.4. The highest BCUT2D eigenvalue weighted by atomic mass is 35.5. The van der Waals surface area contributed by atoms with Crippen molar-refractivity contribution < 1.29 is 17.9 Å². The van der Waals surface area contributed by atoms with E-state index < -0.39 is 21.2 Å². The molecule has 7 atom stereocenters. The first-order chi connectivity index (χ1) is 24.9. The molecule has 2 saturated heterocycles. The summed E-state index contributed by atoms with van der Waals surface area (Å²) >= 11 is 6.52. The summed E-state index contributed by atoms with van der Waals surface area (Å²) in [4.78, 5) is 21.6. The number of sulfonamides is 1. The summed E-state index contributed by atoms with van der Waals surface area (Å²) in [7, 11) is -3.88. The SMILES string of the molecule is C[C@@H]1[C@@H](C)CCC[C@@H](CN2CCN3CCNC[C@H]3C2)[C@@H]2CCC2(C)CN2C[C@@]3(CCCc4cc(Cl)ccc43)COc3ccc(cc32)C(=O)NS1(=O)=O. The molecule has 2 aliphatic carbocycles. The number of carbonyl (C=O) groups excluding carboxylic acids is 1. The summed E-state index contributed by atoms with van der Waals surface area (Å²) in [5, 5.41) is 3.71. The van der Waals surface area contributed by atoms with Gasteiger partial charge in [-0.1, -0.05) is 37.9 Å². The van der Waals surface area contributed by atoms with Crippen LogP contribution in [0.2, 0.25) is 5.02 Å². The lowest BCUT2D eigenvalue weighted by Crippen LogP contribution is -2.62. The first-order valence-corrected chi connectivity index (χ1v) is 21.9. The van der Waals surface area contributed by atoms with Gasteiger partial charge < -0.3 is 19.9 Å². The third-order valence-corrected chi connectivity index (χ3v) is 16.4. The number of piperazine rings is 2. The number of benzene rings is 2. The number of nitrogens with one attached hydrogen (secondary N) is 2. The molecule has 1 spiro atoms. The second kappa shape index (κ2) is 14.4. The molecule has 4 heterocycles. The number of anilines is 1. The van der Waals surface area contributed by atoms with Crippen molar-refractivity contribution in [2.24, 2.45) is 23.2 Å². The van der Waals surface area contributed by atoms with Gasteiger partial charge in [-0.2, -0.15) is 0 Å². The van der Waals surface area contributed by atoms with Gasteiger partial charge in [0.25, 0.3) is 5.91 Å². The van der Waals surface area contributed by atoms with Gasteiger partial charge in [0.15, 0.2) is 0 Å². The minimum absolute atomic E-state index is 0.0659. The van der Waals surface area contributed by atoms with E-state index in [1.54, 1.807) is 13.0 Å². The number of nitrogens with zero attached hydrogens (tertiary/aromatic N) is 3. The molecule has 1 saturated carbocycles. The highest BCUT2D eigenvalue weighted by Crippen LogP contribution is 2.54. The van der Waals surface area contributed by atoms with Gasteiger partial charge in [-0.15, -0.1) is 0 Å². The Bertz CT molecular complexity index is 1770. The molecular formula is C41H58ClN5O4S. The highest BCUT2D eigenvalue weighted by Gasteiger charge is 2.50. The summed E-state index contributed by atoms with van der Waals surface area (Å²) in [5.41, 5.74) is 3.73. The van der Waals surface area contributed by atoms with Crippen LogP contribution in [-0.2, 0) is 21.9 Å². The molecule has 8 rings (SSSR count). The Balaban J connectivity index is 1.16. The van der Waals surface area contributed by atoms with Crippen LogP contribution in [0.4, 0.5) is 5.69 Å². The minimum atomic E-state index is -3.88. The topological polar surface area (TPSA) is 94.2 Å². The Morgan fingerprint density at radius 1 is 1.00 bits per heavy atom. The molecule has 2 aromatic rings. The van der Waals surface area contributed by atoms with Gasteiger partial charge in [0, 0.05) is 80.9 Å². The largest absolute Gasteiger partial charge is 0.490 e. The maximum absolute atomic E-state index is 13.7. The molecule has 2 aromatic carbocycles. The first kappa shape index (κ1) is 36.6. The number of fused-ring (bicyclic) bond motifs is 5. The maximum Gasteiger partial charge on any atom is 0.264 e. The number of ether oxygens (including phenoxy) is 1. The van der Waals surface area contributed by atoms with Crippen LogP contribution in [0, 0.1) is 23.2 Å². The maximum atomic E-state index is 13.7. The monoisotopic (exact) mass is 751 g/mol. The summed E-state index contributed by atoms with van der Waals surface area (Å²) < 4.78 is 36.4. The summed E-state index contributed by atoms with van der Waals surface area (Å²) in [5.74, 6) is 1.21. The van der Waals surface area contributed by atoms with Crippen LogP contribution < -0.4 is 19.7 Å². The normalized spacial score (nSPS) is 35.6. The van der Waals surface area contributed by atoms with Gasteiger partial charge in [-0.25, -0.2) is 13.1 Å². The molecule has 284 valence electrons. The van der Waals surface area contributed by atoms with Crippen LogP contribution in [0.1, 0.15) is 87.2 Å². The van der Waals surface area contributed by atoms with Gasteiger partial charge in [0.1, 0.15) is 5.75 Å². The molecule has 1 unspecified atom stereocenters. The van der Waals surface area contributed by atoms with E-state index in [1.807, 2.05) is 25.1 Å². The molecular weight excluding hydrogens is 694 g/mol. The highest BCUT2D eigenvalue weighted by molar-refractivity contribution is 7.90. The van der Waals surface area contributed by atoms with E-state index in [4.69, 9.17) is 16.3 Å². The lowest BCUT2D eigenvalue weighted by molar-refractivity contribution is -0.0231. The molecule has 0 aromatic heterocycles. The van der Waals surface area contributed by atoms with E-state index in [9.17, 15) is 13.2 Å². The van der Waals surface area contributed by atoms with E-state index >= 15 is 0 Å². The van der Waals surface area contributed by atoms with Crippen LogP contribution in [0.5, 0.6) is 5.75 Å². The fourth-order valence-corrected chi connectivity index (χ4v) is 12.4. The zero-order valence-electron chi connectivity index (χ0n) is 31.3. The molecule has 11 heteroatoms. The van der Waals surface area contributed by atoms with Crippen molar-refractivity contribution >= 4 is 33.2 Å². The number of carbonyl (C=O) groups is 1. The molecule has 6 aliphatic rings. The van der Waals surface area contributed by atoms with Crippen molar-refractivity contribution in [2.75, 3.05) is 70.4 Å². The smallest absolute Gasteiger partial charge is 0.264 e.